The summed E-state index contributed by atoms with van der Waals surface area (Å²) >= 11 is 0. The fraction of sp³-hybridized carbons (Fsp3) is 0. The van der Waals surface area contributed by atoms with Crippen LogP contribution in [0.25, 0.3) is 77.6 Å². The van der Waals surface area contributed by atoms with E-state index in [9.17, 15) is 0 Å². The molecule has 4 heteroatoms. The standard InChI is InChI=1S/C40H26N4/c1-4-13-28(14-5-1)34-26-35(29-15-6-2-7-16-29)42-40(41-34)44-37-22-20-27-12-10-11-19-31(27)38(37)33-21-23-36-32(39(33)44)24-25-43(36)30-17-8-3-9-18-30/h1-26H. The van der Waals surface area contributed by atoms with E-state index in [1.165, 1.54) is 21.5 Å². The maximum atomic E-state index is 5.27. The third kappa shape index (κ3) is 3.78. The molecule has 6 aromatic carbocycles. The van der Waals surface area contributed by atoms with Crippen LogP contribution in [0.15, 0.2) is 158 Å². The van der Waals surface area contributed by atoms with Crippen molar-refractivity contribution in [2.24, 2.45) is 0 Å². The van der Waals surface area contributed by atoms with E-state index in [0.717, 1.165) is 50.1 Å². The Morgan fingerprint density at radius 2 is 1.07 bits per heavy atom. The van der Waals surface area contributed by atoms with Gasteiger partial charge in [-0.15, -0.1) is 0 Å². The number of hydrogen-bond acceptors (Lipinski definition) is 2. The van der Waals surface area contributed by atoms with Gasteiger partial charge < -0.3 is 4.57 Å². The van der Waals surface area contributed by atoms with Gasteiger partial charge in [0.2, 0.25) is 5.95 Å². The Hall–Kier alpha value is -6.00. The molecular weight excluding hydrogens is 536 g/mol. The molecular formula is C40H26N4. The van der Waals surface area contributed by atoms with Gasteiger partial charge in [0.1, 0.15) is 0 Å². The molecule has 0 bridgehead atoms. The zero-order valence-corrected chi connectivity index (χ0v) is 23.8. The van der Waals surface area contributed by atoms with E-state index < -0.39 is 0 Å². The molecule has 0 amide bonds. The van der Waals surface area contributed by atoms with Crippen molar-refractivity contribution in [3.8, 4) is 34.2 Å². The zero-order chi connectivity index (χ0) is 29.0. The fourth-order valence-electron chi connectivity index (χ4n) is 6.56. The highest BCUT2D eigenvalue weighted by atomic mass is 15.2. The van der Waals surface area contributed by atoms with Crippen LogP contribution in [0.2, 0.25) is 0 Å². The van der Waals surface area contributed by atoms with Crippen LogP contribution in [0.4, 0.5) is 0 Å². The second-order valence-corrected chi connectivity index (χ2v) is 11.1. The number of fused-ring (bicyclic) bond motifs is 7. The summed E-state index contributed by atoms with van der Waals surface area (Å²) in [6.45, 7) is 0. The maximum absolute atomic E-state index is 5.27. The molecule has 9 rings (SSSR count). The Kier molecular flexibility index (Phi) is 5.47. The highest BCUT2D eigenvalue weighted by Gasteiger charge is 2.21. The summed E-state index contributed by atoms with van der Waals surface area (Å²) in [5, 5.41) is 5.98. The summed E-state index contributed by atoms with van der Waals surface area (Å²) < 4.78 is 4.53. The molecule has 0 saturated carbocycles. The fourth-order valence-corrected chi connectivity index (χ4v) is 6.56. The van der Waals surface area contributed by atoms with Crippen molar-refractivity contribution in [1.82, 2.24) is 19.1 Å². The second-order valence-electron chi connectivity index (χ2n) is 11.1. The first-order valence-corrected chi connectivity index (χ1v) is 14.9. The molecule has 0 aliphatic carbocycles. The molecule has 0 aliphatic heterocycles. The minimum atomic E-state index is 0.653. The summed E-state index contributed by atoms with van der Waals surface area (Å²) in [4.78, 5) is 10.5. The van der Waals surface area contributed by atoms with E-state index in [2.05, 4.69) is 155 Å². The van der Waals surface area contributed by atoms with Gasteiger partial charge in [-0.25, -0.2) is 9.97 Å². The average molecular weight is 563 g/mol. The van der Waals surface area contributed by atoms with Crippen molar-refractivity contribution in [2.45, 2.75) is 0 Å². The monoisotopic (exact) mass is 562 g/mol. The Morgan fingerprint density at radius 3 is 1.77 bits per heavy atom. The van der Waals surface area contributed by atoms with Crippen LogP contribution in [-0.2, 0) is 0 Å². The number of aromatic nitrogens is 4. The lowest BCUT2D eigenvalue weighted by atomic mass is 10.0. The van der Waals surface area contributed by atoms with E-state index >= 15 is 0 Å². The molecule has 9 aromatic rings. The van der Waals surface area contributed by atoms with Gasteiger partial charge in [-0.2, -0.15) is 0 Å². The van der Waals surface area contributed by atoms with Crippen LogP contribution in [0.3, 0.4) is 0 Å². The first kappa shape index (κ1) is 24.6. The SMILES string of the molecule is c1ccc(-c2cc(-c3ccccc3)nc(-n3c4ccc5ccccc5c4c4ccc5c(ccn5-c5ccccc5)c43)n2)cc1. The predicted molar refractivity (Wildman–Crippen MR) is 182 cm³/mol. The van der Waals surface area contributed by atoms with Crippen LogP contribution in [-0.4, -0.2) is 19.1 Å². The largest absolute Gasteiger partial charge is 0.316 e. The van der Waals surface area contributed by atoms with Crippen LogP contribution in [0.1, 0.15) is 0 Å². The van der Waals surface area contributed by atoms with Gasteiger partial charge in [0.15, 0.2) is 0 Å². The number of hydrogen-bond donors (Lipinski definition) is 0. The maximum Gasteiger partial charge on any atom is 0.235 e. The molecule has 0 radical (unpaired) electrons. The van der Waals surface area contributed by atoms with Crippen molar-refractivity contribution < 1.29 is 0 Å². The van der Waals surface area contributed by atoms with Crippen LogP contribution in [0.5, 0.6) is 0 Å². The van der Waals surface area contributed by atoms with Gasteiger partial charge in [-0.1, -0.05) is 115 Å². The van der Waals surface area contributed by atoms with Gasteiger partial charge in [-0.3, -0.25) is 4.57 Å². The lowest BCUT2D eigenvalue weighted by molar-refractivity contribution is 0.998. The predicted octanol–water partition coefficient (Wildman–Crippen LogP) is 10.0. The Morgan fingerprint density at radius 1 is 0.455 bits per heavy atom. The van der Waals surface area contributed by atoms with Crippen molar-refractivity contribution in [3.05, 3.63) is 158 Å². The van der Waals surface area contributed by atoms with Crippen LogP contribution in [0, 0.1) is 0 Å². The highest BCUT2D eigenvalue weighted by molar-refractivity contribution is 6.25. The summed E-state index contributed by atoms with van der Waals surface area (Å²) in [5.74, 6) is 0.653. The smallest absolute Gasteiger partial charge is 0.235 e. The third-order valence-corrected chi connectivity index (χ3v) is 8.57. The molecule has 3 heterocycles. The molecule has 0 N–H and O–H groups in total. The number of rotatable bonds is 4. The van der Waals surface area contributed by atoms with Crippen LogP contribution < -0.4 is 0 Å². The minimum absolute atomic E-state index is 0.653. The van der Waals surface area contributed by atoms with Crippen molar-refractivity contribution in [1.29, 1.82) is 0 Å². The van der Waals surface area contributed by atoms with E-state index in [-0.39, 0.29) is 0 Å². The molecule has 4 nitrogen and oxygen atoms in total. The summed E-state index contributed by atoms with van der Waals surface area (Å²) in [6, 6.07) is 53.1. The lowest BCUT2D eigenvalue weighted by Crippen LogP contribution is -2.04. The molecule has 0 fully saturated rings. The van der Waals surface area contributed by atoms with E-state index in [4.69, 9.17) is 9.97 Å². The Bertz CT molecular complexity index is 2420. The molecule has 44 heavy (non-hydrogen) atoms. The molecule has 0 aliphatic rings. The van der Waals surface area contributed by atoms with Gasteiger partial charge >= 0.3 is 0 Å². The summed E-state index contributed by atoms with van der Waals surface area (Å²) in [7, 11) is 0. The molecule has 0 unspecified atom stereocenters. The van der Waals surface area contributed by atoms with Crippen molar-refractivity contribution in [3.63, 3.8) is 0 Å². The van der Waals surface area contributed by atoms with E-state index in [1.807, 2.05) is 12.1 Å². The first-order valence-electron chi connectivity index (χ1n) is 14.9. The third-order valence-electron chi connectivity index (χ3n) is 8.57. The Balaban J connectivity index is 1.43. The van der Waals surface area contributed by atoms with Crippen molar-refractivity contribution >= 4 is 43.5 Å². The molecule has 3 aromatic heterocycles. The summed E-state index contributed by atoms with van der Waals surface area (Å²) in [5.41, 5.74) is 8.34. The van der Waals surface area contributed by atoms with Gasteiger partial charge in [-0.05, 0) is 47.2 Å². The Labute approximate surface area is 254 Å². The second kappa shape index (κ2) is 9.79. The molecule has 0 atom stereocenters. The van der Waals surface area contributed by atoms with E-state index in [1.54, 1.807) is 0 Å². The average Bonchev–Trinajstić information content (AvgIpc) is 3.69. The van der Waals surface area contributed by atoms with Crippen molar-refractivity contribution in [2.75, 3.05) is 0 Å². The topological polar surface area (TPSA) is 35.6 Å². The van der Waals surface area contributed by atoms with Gasteiger partial charge in [0.05, 0.1) is 27.9 Å². The number of benzene rings is 6. The molecule has 0 saturated heterocycles. The quantitative estimate of drug-likeness (QED) is 0.214. The zero-order valence-electron chi connectivity index (χ0n) is 23.8. The first-order chi connectivity index (χ1) is 21.8. The van der Waals surface area contributed by atoms with E-state index in [0.29, 0.717) is 5.95 Å². The lowest BCUT2D eigenvalue weighted by Gasteiger charge is -2.12. The highest BCUT2D eigenvalue weighted by Crippen LogP contribution is 2.40. The minimum Gasteiger partial charge on any atom is -0.316 e. The van der Waals surface area contributed by atoms with Gasteiger partial charge in [0.25, 0.3) is 0 Å². The molecule has 0 spiro atoms. The normalized spacial score (nSPS) is 11.6. The number of para-hydroxylation sites is 1. The van der Waals surface area contributed by atoms with Crippen LogP contribution >= 0.6 is 0 Å². The number of nitrogens with zero attached hydrogens (tertiary/aromatic N) is 4. The summed E-state index contributed by atoms with van der Waals surface area (Å²) in [6.07, 6.45) is 2.16. The molecule has 206 valence electrons. The van der Waals surface area contributed by atoms with Gasteiger partial charge in [0, 0.05) is 39.2 Å².